The van der Waals surface area contributed by atoms with E-state index in [1.807, 2.05) is 0 Å². The molecule has 0 bridgehead atoms. The molecule has 0 saturated carbocycles. The molecule has 0 saturated heterocycles. The van der Waals surface area contributed by atoms with E-state index in [1.54, 1.807) is 0 Å². The highest BCUT2D eigenvalue weighted by atomic mass is 14.8. The third-order valence-corrected chi connectivity index (χ3v) is 4.68. The molecule has 0 aliphatic rings. The summed E-state index contributed by atoms with van der Waals surface area (Å²) < 4.78 is 0. The molecule has 18 heavy (non-hydrogen) atoms. The summed E-state index contributed by atoms with van der Waals surface area (Å²) in [4.78, 5) is 0. The summed E-state index contributed by atoms with van der Waals surface area (Å²) in [6, 6.07) is 0. The molecule has 0 heterocycles. The van der Waals surface area contributed by atoms with Crippen LogP contribution in [0.3, 0.4) is 0 Å². The molecule has 0 aliphatic heterocycles. The van der Waals surface area contributed by atoms with Gasteiger partial charge in [-0.2, -0.15) is 0 Å². The van der Waals surface area contributed by atoms with Gasteiger partial charge in [-0.25, -0.2) is 0 Å². The summed E-state index contributed by atoms with van der Waals surface area (Å²) in [5.41, 5.74) is 0.913. The Morgan fingerprint density at radius 2 is 1.61 bits per heavy atom. The Hall–Kier alpha value is -0.0400. The zero-order valence-corrected chi connectivity index (χ0v) is 14.2. The van der Waals surface area contributed by atoms with Crippen molar-refractivity contribution in [2.24, 2.45) is 22.7 Å². The van der Waals surface area contributed by atoms with Crippen molar-refractivity contribution in [3.8, 4) is 0 Å². The lowest BCUT2D eigenvalue weighted by molar-refractivity contribution is 0.119. The monoisotopic (exact) mass is 255 g/mol. The highest BCUT2D eigenvalue weighted by Crippen LogP contribution is 2.41. The zero-order valence-electron chi connectivity index (χ0n) is 14.2. The third kappa shape index (κ3) is 6.78. The molecule has 0 aliphatic carbocycles. The van der Waals surface area contributed by atoms with Crippen LogP contribution in [0.15, 0.2) is 0 Å². The Morgan fingerprint density at radius 3 is 2.00 bits per heavy atom. The van der Waals surface area contributed by atoms with E-state index < -0.39 is 0 Å². The second kappa shape index (κ2) is 7.53. The second-order valence-corrected chi connectivity index (χ2v) is 7.90. The molecule has 0 aromatic carbocycles. The van der Waals surface area contributed by atoms with Gasteiger partial charge in [-0.15, -0.1) is 0 Å². The maximum atomic E-state index is 3.41. The lowest BCUT2D eigenvalue weighted by atomic mass is 9.67. The molecule has 0 spiro atoms. The van der Waals surface area contributed by atoms with Crippen molar-refractivity contribution in [1.82, 2.24) is 5.32 Å². The lowest BCUT2D eigenvalue weighted by Gasteiger charge is -2.39. The minimum atomic E-state index is 0.444. The van der Waals surface area contributed by atoms with E-state index >= 15 is 0 Å². The largest absolute Gasteiger partial charge is 0.319 e. The summed E-state index contributed by atoms with van der Waals surface area (Å²) in [5, 5.41) is 3.41. The van der Waals surface area contributed by atoms with E-state index in [4.69, 9.17) is 0 Å². The second-order valence-electron chi connectivity index (χ2n) is 7.90. The average molecular weight is 255 g/mol. The van der Waals surface area contributed by atoms with Crippen LogP contribution in [0.5, 0.6) is 0 Å². The van der Waals surface area contributed by atoms with Crippen LogP contribution in [0.2, 0.25) is 0 Å². The van der Waals surface area contributed by atoms with Crippen molar-refractivity contribution in [3.05, 3.63) is 0 Å². The molecule has 1 N–H and O–H groups in total. The molecule has 110 valence electrons. The van der Waals surface area contributed by atoms with Gasteiger partial charge in [0.1, 0.15) is 0 Å². The molecule has 0 rings (SSSR count). The maximum Gasteiger partial charge on any atom is -0.00182 e. The van der Waals surface area contributed by atoms with Crippen LogP contribution in [0, 0.1) is 22.7 Å². The molecule has 1 atom stereocenters. The van der Waals surface area contributed by atoms with Crippen LogP contribution in [0.25, 0.3) is 0 Å². The number of hydrogen-bond acceptors (Lipinski definition) is 1. The summed E-state index contributed by atoms with van der Waals surface area (Å²) in [7, 11) is 2.09. The van der Waals surface area contributed by atoms with Crippen LogP contribution in [0.1, 0.15) is 74.1 Å². The van der Waals surface area contributed by atoms with Crippen LogP contribution in [-0.2, 0) is 0 Å². The van der Waals surface area contributed by atoms with Crippen molar-refractivity contribution in [1.29, 1.82) is 0 Å². The fourth-order valence-electron chi connectivity index (χ4n) is 2.55. The van der Waals surface area contributed by atoms with Gasteiger partial charge < -0.3 is 5.32 Å². The topological polar surface area (TPSA) is 12.0 Å². The van der Waals surface area contributed by atoms with Gasteiger partial charge in [0.25, 0.3) is 0 Å². The molecule has 0 aromatic rings. The smallest absolute Gasteiger partial charge is 0.00182 e. The first-order valence-electron chi connectivity index (χ1n) is 7.79. The number of nitrogens with one attached hydrogen (secondary N) is 1. The molecular formula is C17H37N. The average Bonchev–Trinajstić information content (AvgIpc) is 2.26. The van der Waals surface area contributed by atoms with E-state index in [-0.39, 0.29) is 0 Å². The van der Waals surface area contributed by atoms with Crippen molar-refractivity contribution in [3.63, 3.8) is 0 Å². The van der Waals surface area contributed by atoms with Gasteiger partial charge in [-0.3, -0.25) is 0 Å². The molecule has 0 fully saturated rings. The molecule has 1 nitrogen and oxygen atoms in total. The van der Waals surface area contributed by atoms with Gasteiger partial charge in [0, 0.05) is 0 Å². The fourth-order valence-corrected chi connectivity index (χ4v) is 2.55. The predicted octanol–water partition coefficient (Wildman–Crippen LogP) is 5.11. The highest BCUT2D eigenvalue weighted by molar-refractivity contribution is 4.84. The fraction of sp³-hybridized carbons (Fsp3) is 1.00. The Labute approximate surface area is 116 Å². The van der Waals surface area contributed by atoms with E-state index in [1.165, 1.54) is 25.7 Å². The maximum absolute atomic E-state index is 3.41. The van der Waals surface area contributed by atoms with Gasteiger partial charge >= 0.3 is 0 Å². The van der Waals surface area contributed by atoms with E-state index in [0.717, 1.165) is 18.4 Å². The molecule has 1 unspecified atom stereocenters. The first kappa shape index (κ1) is 18.0. The third-order valence-electron chi connectivity index (χ3n) is 4.68. The van der Waals surface area contributed by atoms with Gasteiger partial charge in [-0.1, -0.05) is 61.3 Å². The molecule has 0 radical (unpaired) electrons. The minimum Gasteiger partial charge on any atom is -0.319 e. The van der Waals surface area contributed by atoms with Crippen LogP contribution < -0.4 is 5.32 Å². The van der Waals surface area contributed by atoms with Gasteiger partial charge in [0.2, 0.25) is 0 Å². The molecular weight excluding hydrogens is 218 g/mol. The minimum absolute atomic E-state index is 0.444. The Balaban J connectivity index is 4.64. The van der Waals surface area contributed by atoms with Crippen LogP contribution >= 0.6 is 0 Å². The van der Waals surface area contributed by atoms with Crippen molar-refractivity contribution >= 4 is 0 Å². The molecule has 1 heteroatoms. The summed E-state index contributed by atoms with van der Waals surface area (Å²) in [5.74, 6) is 1.59. The first-order chi connectivity index (χ1) is 8.14. The SMILES string of the molecule is CCC(C)(C)CC(CNC)C(C)(C)CCC(C)C. The van der Waals surface area contributed by atoms with E-state index in [2.05, 4.69) is 60.8 Å². The van der Waals surface area contributed by atoms with Gasteiger partial charge in [-0.05, 0) is 49.1 Å². The number of hydrogen-bond donors (Lipinski definition) is 1. The molecule has 0 amide bonds. The molecule has 0 aromatic heterocycles. The standard InChI is InChI=1S/C17H37N/c1-9-16(4,5)12-15(13-18-8)17(6,7)11-10-14(2)3/h14-15,18H,9-13H2,1-8H3. The van der Waals surface area contributed by atoms with E-state index in [0.29, 0.717) is 10.8 Å². The normalized spacial score (nSPS) is 15.2. The highest BCUT2D eigenvalue weighted by Gasteiger charge is 2.32. The van der Waals surface area contributed by atoms with Gasteiger partial charge in [0.05, 0.1) is 0 Å². The van der Waals surface area contributed by atoms with Crippen LogP contribution in [-0.4, -0.2) is 13.6 Å². The summed E-state index contributed by atoms with van der Waals surface area (Å²) >= 11 is 0. The van der Waals surface area contributed by atoms with Crippen LogP contribution in [0.4, 0.5) is 0 Å². The Bertz CT molecular complexity index is 216. The van der Waals surface area contributed by atoms with Crippen molar-refractivity contribution in [2.45, 2.75) is 74.1 Å². The number of rotatable bonds is 9. The summed E-state index contributed by atoms with van der Waals surface area (Å²) in [6.07, 6.45) is 5.29. The van der Waals surface area contributed by atoms with Gasteiger partial charge in [0.15, 0.2) is 0 Å². The Kier molecular flexibility index (Phi) is 7.51. The lowest BCUT2D eigenvalue weighted by Crippen LogP contribution is -2.35. The zero-order chi connectivity index (χ0) is 14.4. The first-order valence-corrected chi connectivity index (χ1v) is 7.79. The van der Waals surface area contributed by atoms with Crippen molar-refractivity contribution < 1.29 is 0 Å². The van der Waals surface area contributed by atoms with E-state index in [9.17, 15) is 0 Å². The quantitative estimate of drug-likeness (QED) is 0.603. The summed E-state index contributed by atoms with van der Waals surface area (Å²) in [6.45, 7) is 17.9. The predicted molar refractivity (Wildman–Crippen MR) is 84.0 cm³/mol. The Morgan fingerprint density at radius 1 is 1.06 bits per heavy atom. The van der Waals surface area contributed by atoms with Crippen molar-refractivity contribution in [2.75, 3.05) is 13.6 Å².